The van der Waals surface area contributed by atoms with Crippen LogP contribution in [-0.2, 0) is 16.1 Å². The molecule has 1 aromatic rings. The Balaban J connectivity index is 2.02. The van der Waals surface area contributed by atoms with Crippen LogP contribution >= 0.6 is 0 Å². The van der Waals surface area contributed by atoms with E-state index in [1.165, 1.54) is 4.90 Å². The molecule has 0 unspecified atom stereocenters. The molecule has 6 nitrogen and oxygen atoms in total. The maximum absolute atomic E-state index is 12.0. The van der Waals surface area contributed by atoms with Gasteiger partial charge in [0.1, 0.15) is 12.4 Å². The van der Waals surface area contributed by atoms with Gasteiger partial charge in [0.25, 0.3) is 0 Å². The van der Waals surface area contributed by atoms with Gasteiger partial charge in [0, 0.05) is 6.54 Å². The maximum Gasteiger partial charge on any atom is 0.243 e. The minimum Gasteiger partial charge on any atom is -0.384 e. The van der Waals surface area contributed by atoms with Crippen molar-refractivity contribution in [2.45, 2.75) is 19.9 Å². The van der Waals surface area contributed by atoms with Crippen LogP contribution in [0, 0.1) is 0 Å². The molecule has 6 heteroatoms. The number of hydrogen-bond acceptors (Lipinski definition) is 4. The maximum atomic E-state index is 12.0. The first-order chi connectivity index (χ1) is 9.10. The Morgan fingerprint density at radius 2 is 1.89 bits per heavy atom. The summed E-state index contributed by atoms with van der Waals surface area (Å²) in [5.74, 6) is 0.364. The number of nitrogen functional groups attached to an aromatic ring is 1. The number of anilines is 1. The van der Waals surface area contributed by atoms with Crippen molar-refractivity contribution in [2.24, 2.45) is 0 Å². The van der Waals surface area contributed by atoms with Crippen LogP contribution in [0.25, 0.3) is 0 Å². The van der Waals surface area contributed by atoms with Gasteiger partial charge in [-0.25, -0.2) is 4.98 Å². The fourth-order valence-corrected chi connectivity index (χ4v) is 2.10. The normalized spacial score (nSPS) is 16.1. The number of aromatic nitrogens is 1. The number of carbonyl (C=O) groups is 2. The third-order valence-corrected chi connectivity index (χ3v) is 3.03. The smallest absolute Gasteiger partial charge is 0.243 e. The van der Waals surface area contributed by atoms with E-state index in [9.17, 15) is 9.59 Å². The zero-order valence-electron chi connectivity index (χ0n) is 11.0. The van der Waals surface area contributed by atoms with Crippen molar-refractivity contribution in [3.05, 3.63) is 23.9 Å². The summed E-state index contributed by atoms with van der Waals surface area (Å²) in [6.07, 6.45) is 0.857. The van der Waals surface area contributed by atoms with Crippen LogP contribution in [0.5, 0.6) is 0 Å². The standard InChI is InChI=1S/C13H18N4O2/c1-2-6-16-8-13(19)17(9-12(16)18)7-10-4-3-5-11(14)15-10/h3-5H,2,6-9H2,1H3,(H2,14,15). The number of amides is 2. The molecule has 0 saturated carbocycles. The largest absolute Gasteiger partial charge is 0.384 e. The van der Waals surface area contributed by atoms with Gasteiger partial charge in [0.2, 0.25) is 11.8 Å². The Labute approximate surface area is 112 Å². The Bertz CT molecular complexity index is 489. The molecule has 1 aliphatic heterocycles. The Hall–Kier alpha value is -2.11. The monoisotopic (exact) mass is 262 g/mol. The first-order valence-corrected chi connectivity index (χ1v) is 6.37. The number of hydrogen-bond donors (Lipinski definition) is 1. The summed E-state index contributed by atoms with van der Waals surface area (Å²) in [7, 11) is 0. The van der Waals surface area contributed by atoms with E-state index >= 15 is 0 Å². The summed E-state index contributed by atoms with van der Waals surface area (Å²) in [5, 5.41) is 0. The van der Waals surface area contributed by atoms with Gasteiger partial charge in [-0.15, -0.1) is 0 Å². The van der Waals surface area contributed by atoms with Crippen LogP contribution in [0.4, 0.5) is 5.82 Å². The van der Waals surface area contributed by atoms with E-state index in [4.69, 9.17) is 5.73 Å². The van der Waals surface area contributed by atoms with Crippen LogP contribution in [0.2, 0.25) is 0 Å². The lowest BCUT2D eigenvalue weighted by molar-refractivity contribution is -0.150. The first kappa shape index (κ1) is 13.3. The van der Waals surface area contributed by atoms with E-state index < -0.39 is 0 Å². The van der Waals surface area contributed by atoms with Crippen molar-refractivity contribution in [3.8, 4) is 0 Å². The Morgan fingerprint density at radius 1 is 1.21 bits per heavy atom. The summed E-state index contributed by atoms with van der Waals surface area (Å²) < 4.78 is 0. The van der Waals surface area contributed by atoms with Gasteiger partial charge in [0.05, 0.1) is 18.8 Å². The number of piperazine rings is 1. The zero-order valence-corrected chi connectivity index (χ0v) is 11.0. The van der Waals surface area contributed by atoms with Crippen LogP contribution in [0.15, 0.2) is 18.2 Å². The number of pyridine rings is 1. The average molecular weight is 262 g/mol. The molecule has 1 aromatic heterocycles. The van der Waals surface area contributed by atoms with Gasteiger partial charge in [0.15, 0.2) is 0 Å². The topological polar surface area (TPSA) is 79.5 Å². The molecule has 102 valence electrons. The summed E-state index contributed by atoms with van der Waals surface area (Å²) in [6, 6.07) is 5.28. The molecule has 1 aliphatic rings. The molecule has 0 bridgehead atoms. The van der Waals surface area contributed by atoms with Crippen molar-refractivity contribution >= 4 is 17.6 Å². The van der Waals surface area contributed by atoms with Crippen LogP contribution < -0.4 is 5.73 Å². The quantitative estimate of drug-likeness (QED) is 0.843. The number of carbonyl (C=O) groups excluding carboxylic acids is 2. The fourth-order valence-electron chi connectivity index (χ4n) is 2.10. The van der Waals surface area contributed by atoms with E-state index in [2.05, 4.69) is 4.98 Å². The molecular formula is C13H18N4O2. The van der Waals surface area contributed by atoms with Crippen molar-refractivity contribution < 1.29 is 9.59 Å². The molecule has 0 aliphatic carbocycles. The molecule has 0 spiro atoms. The van der Waals surface area contributed by atoms with E-state index in [0.29, 0.717) is 24.6 Å². The molecule has 0 radical (unpaired) electrons. The average Bonchev–Trinajstić information content (AvgIpc) is 2.36. The van der Waals surface area contributed by atoms with Gasteiger partial charge in [-0.3, -0.25) is 9.59 Å². The van der Waals surface area contributed by atoms with Gasteiger partial charge in [-0.2, -0.15) is 0 Å². The van der Waals surface area contributed by atoms with Gasteiger partial charge in [-0.1, -0.05) is 13.0 Å². The predicted molar refractivity (Wildman–Crippen MR) is 70.9 cm³/mol. The van der Waals surface area contributed by atoms with Crippen LogP contribution in [-0.4, -0.2) is 46.2 Å². The predicted octanol–water partition coefficient (Wildman–Crippen LogP) is 0.245. The molecule has 2 N–H and O–H groups in total. The summed E-state index contributed by atoms with van der Waals surface area (Å²) in [4.78, 5) is 31.1. The molecule has 2 rings (SSSR count). The Morgan fingerprint density at radius 3 is 2.58 bits per heavy atom. The van der Waals surface area contributed by atoms with Crippen molar-refractivity contribution in [3.63, 3.8) is 0 Å². The van der Waals surface area contributed by atoms with Crippen molar-refractivity contribution in [1.29, 1.82) is 0 Å². The number of rotatable bonds is 4. The van der Waals surface area contributed by atoms with E-state index in [1.54, 1.807) is 23.1 Å². The number of nitrogens with two attached hydrogens (primary N) is 1. The second-order valence-electron chi connectivity index (χ2n) is 4.62. The molecule has 2 heterocycles. The number of nitrogens with zero attached hydrogens (tertiary/aromatic N) is 3. The highest BCUT2D eigenvalue weighted by Gasteiger charge is 2.29. The van der Waals surface area contributed by atoms with Gasteiger partial charge in [-0.05, 0) is 18.6 Å². The summed E-state index contributed by atoms with van der Waals surface area (Å²) >= 11 is 0. The highest BCUT2D eigenvalue weighted by atomic mass is 16.2. The molecular weight excluding hydrogens is 244 g/mol. The lowest BCUT2D eigenvalue weighted by atomic mass is 10.2. The van der Waals surface area contributed by atoms with Crippen LogP contribution in [0.1, 0.15) is 19.0 Å². The van der Waals surface area contributed by atoms with E-state index in [-0.39, 0.29) is 24.9 Å². The molecule has 0 aromatic carbocycles. The summed E-state index contributed by atoms with van der Waals surface area (Å²) in [6.45, 7) is 3.23. The van der Waals surface area contributed by atoms with Crippen molar-refractivity contribution in [2.75, 3.05) is 25.4 Å². The van der Waals surface area contributed by atoms with E-state index in [0.717, 1.165) is 6.42 Å². The second kappa shape index (κ2) is 5.69. The fraction of sp³-hybridized carbons (Fsp3) is 0.462. The SMILES string of the molecule is CCCN1CC(=O)N(Cc2cccc(N)n2)CC1=O. The third-order valence-electron chi connectivity index (χ3n) is 3.03. The molecule has 1 saturated heterocycles. The molecule has 1 fully saturated rings. The minimum absolute atomic E-state index is 0.00893. The first-order valence-electron chi connectivity index (χ1n) is 6.37. The lowest BCUT2D eigenvalue weighted by Crippen LogP contribution is -2.53. The molecule has 19 heavy (non-hydrogen) atoms. The molecule has 2 amide bonds. The highest BCUT2D eigenvalue weighted by Crippen LogP contribution is 2.10. The highest BCUT2D eigenvalue weighted by molar-refractivity contribution is 5.92. The third kappa shape index (κ3) is 3.21. The second-order valence-corrected chi connectivity index (χ2v) is 4.62. The minimum atomic E-state index is -0.0442. The van der Waals surface area contributed by atoms with Crippen LogP contribution in [0.3, 0.4) is 0 Å². The molecule has 0 atom stereocenters. The lowest BCUT2D eigenvalue weighted by Gasteiger charge is -2.33. The van der Waals surface area contributed by atoms with Crippen molar-refractivity contribution in [1.82, 2.24) is 14.8 Å². The Kier molecular flexibility index (Phi) is 3.99. The van der Waals surface area contributed by atoms with E-state index in [1.807, 2.05) is 6.92 Å². The summed E-state index contributed by atoms with van der Waals surface area (Å²) in [5.41, 5.74) is 6.30. The van der Waals surface area contributed by atoms with Gasteiger partial charge >= 0.3 is 0 Å². The zero-order chi connectivity index (χ0) is 13.8. The van der Waals surface area contributed by atoms with Gasteiger partial charge < -0.3 is 15.5 Å².